The molecule has 0 bridgehead atoms. The van der Waals surface area contributed by atoms with Gasteiger partial charge in [0.05, 0.1) is 13.0 Å². The van der Waals surface area contributed by atoms with Gasteiger partial charge in [0.25, 0.3) is 0 Å². The van der Waals surface area contributed by atoms with E-state index in [1.165, 1.54) is 0 Å². The molecule has 1 aliphatic rings. The number of nitrogens with zero attached hydrogens (tertiary/aromatic N) is 3. The summed E-state index contributed by atoms with van der Waals surface area (Å²) in [5.74, 6) is 0.835. The quantitative estimate of drug-likeness (QED) is 0.697. The number of hydrogen-bond acceptors (Lipinski definition) is 4. The van der Waals surface area contributed by atoms with Crippen molar-refractivity contribution >= 4 is 29.9 Å². The predicted molar refractivity (Wildman–Crippen MR) is 81.1 cm³/mol. The maximum atomic E-state index is 12.1. The molecule has 114 valence electrons. The van der Waals surface area contributed by atoms with Crippen molar-refractivity contribution in [2.24, 2.45) is 4.99 Å². The molecule has 1 aliphatic heterocycles. The topological polar surface area (TPSA) is 30.9 Å². The van der Waals surface area contributed by atoms with Crippen LogP contribution in [-0.2, 0) is 0 Å². The van der Waals surface area contributed by atoms with Gasteiger partial charge >= 0.3 is 6.18 Å². The average Bonchev–Trinajstić information content (AvgIpc) is 2.68. The van der Waals surface area contributed by atoms with E-state index in [1.54, 1.807) is 4.90 Å². The van der Waals surface area contributed by atoms with Crippen LogP contribution in [0.3, 0.4) is 0 Å². The van der Waals surface area contributed by atoms with Crippen molar-refractivity contribution < 1.29 is 13.2 Å². The van der Waals surface area contributed by atoms with Gasteiger partial charge in [-0.1, -0.05) is 6.92 Å². The van der Waals surface area contributed by atoms with Crippen LogP contribution in [0.5, 0.6) is 0 Å². The molecule has 0 aromatic carbocycles. The van der Waals surface area contributed by atoms with E-state index in [0.717, 1.165) is 19.0 Å². The molecule has 0 saturated carbocycles. The Hall–Kier alpha value is -0.250. The Morgan fingerprint density at radius 3 is 2.53 bits per heavy atom. The zero-order valence-electron chi connectivity index (χ0n) is 11.3. The monoisotopic (exact) mass is 394 g/mol. The van der Waals surface area contributed by atoms with Crippen molar-refractivity contribution in [1.29, 1.82) is 0 Å². The second-order valence-electron chi connectivity index (χ2n) is 4.35. The lowest BCUT2D eigenvalue weighted by atomic mass is 10.3. The third-order valence-electron chi connectivity index (χ3n) is 2.93. The third-order valence-corrected chi connectivity index (χ3v) is 2.93. The standard InChI is InChI=1S/C11H21F3N4.HI/c1-3-18(7-4-11(12,13)14)9-6-16-10-15-5-8-17(10)2;/h3-9H2,1-2H3,(H,15,16);1H. The molecule has 4 nitrogen and oxygen atoms in total. The van der Waals surface area contributed by atoms with Crippen LogP contribution in [-0.4, -0.2) is 68.3 Å². The molecule has 0 aromatic rings. The van der Waals surface area contributed by atoms with Gasteiger partial charge in [0.2, 0.25) is 0 Å². The van der Waals surface area contributed by atoms with E-state index in [1.807, 2.05) is 18.9 Å². The van der Waals surface area contributed by atoms with Crippen LogP contribution >= 0.6 is 24.0 Å². The Labute approximate surface area is 129 Å². The smallest absolute Gasteiger partial charge is 0.355 e. The summed E-state index contributed by atoms with van der Waals surface area (Å²) < 4.78 is 36.3. The molecule has 0 fully saturated rings. The highest BCUT2D eigenvalue weighted by Gasteiger charge is 2.27. The number of likely N-dealkylation sites (N-methyl/N-ethyl adjacent to an activating group) is 2. The van der Waals surface area contributed by atoms with E-state index in [9.17, 15) is 13.2 Å². The van der Waals surface area contributed by atoms with Gasteiger partial charge in [-0.05, 0) is 6.54 Å². The summed E-state index contributed by atoms with van der Waals surface area (Å²) in [7, 11) is 1.94. The van der Waals surface area contributed by atoms with E-state index in [4.69, 9.17) is 0 Å². The number of hydrogen-bond donors (Lipinski definition) is 1. The molecule has 1 rings (SSSR count). The van der Waals surface area contributed by atoms with E-state index in [2.05, 4.69) is 10.3 Å². The van der Waals surface area contributed by atoms with E-state index in [-0.39, 0.29) is 30.5 Å². The van der Waals surface area contributed by atoms with Crippen molar-refractivity contribution in [2.75, 3.05) is 46.3 Å². The molecular formula is C11H22F3IN4. The van der Waals surface area contributed by atoms with Gasteiger partial charge < -0.3 is 15.1 Å². The molecular weight excluding hydrogens is 372 g/mol. The van der Waals surface area contributed by atoms with Gasteiger partial charge in [0.1, 0.15) is 0 Å². The molecule has 0 atom stereocenters. The molecule has 1 N–H and O–H groups in total. The van der Waals surface area contributed by atoms with Gasteiger partial charge in [-0.25, -0.2) is 0 Å². The summed E-state index contributed by atoms with van der Waals surface area (Å²) >= 11 is 0. The Morgan fingerprint density at radius 1 is 1.37 bits per heavy atom. The first kappa shape index (κ1) is 18.8. The van der Waals surface area contributed by atoms with Crippen LogP contribution in [0.2, 0.25) is 0 Å². The maximum absolute atomic E-state index is 12.1. The maximum Gasteiger partial charge on any atom is 0.390 e. The minimum atomic E-state index is -4.07. The fourth-order valence-corrected chi connectivity index (χ4v) is 1.76. The van der Waals surface area contributed by atoms with Gasteiger partial charge in [-0.15, -0.1) is 24.0 Å². The Kier molecular flexibility index (Phi) is 8.71. The zero-order valence-corrected chi connectivity index (χ0v) is 13.7. The summed E-state index contributed by atoms with van der Waals surface area (Å²) in [6, 6.07) is 0. The van der Waals surface area contributed by atoms with Crippen LogP contribution < -0.4 is 5.32 Å². The van der Waals surface area contributed by atoms with Crippen molar-refractivity contribution in [2.45, 2.75) is 19.5 Å². The van der Waals surface area contributed by atoms with Crippen LogP contribution in [0.4, 0.5) is 13.2 Å². The number of nitrogens with one attached hydrogen (secondary N) is 1. The highest BCUT2D eigenvalue weighted by atomic mass is 127. The largest absolute Gasteiger partial charge is 0.390 e. The number of halogens is 4. The summed E-state index contributed by atoms with van der Waals surface area (Å²) in [5.41, 5.74) is 0. The third kappa shape index (κ3) is 7.81. The van der Waals surface area contributed by atoms with Crippen LogP contribution in [0.15, 0.2) is 4.99 Å². The lowest BCUT2D eigenvalue weighted by molar-refractivity contribution is -0.137. The molecule has 1 heterocycles. The molecule has 0 unspecified atom stereocenters. The molecule has 8 heteroatoms. The number of guanidine groups is 1. The van der Waals surface area contributed by atoms with Gasteiger partial charge in [0.15, 0.2) is 5.96 Å². The number of aliphatic imine (C=N–C) groups is 1. The molecule has 0 aliphatic carbocycles. The molecule has 0 amide bonds. The van der Waals surface area contributed by atoms with Gasteiger partial charge in [0, 0.05) is 33.2 Å². The normalized spacial score (nSPS) is 15.5. The van der Waals surface area contributed by atoms with Crippen molar-refractivity contribution in [3.63, 3.8) is 0 Å². The van der Waals surface area contributed by atoms with Gasteiger partial charge in [-0.3, -0.25) is 4.99 Å². The number of rotatable bonds is 6. The molecule has 0 saturated heterocycles. The molecule has 0 radical (unpaired) electrons. The second kappa shape index (κ2) is 8.83. The first-order valence-corrected chi connectivity index (χ1v) is 6.21. The minimum absolute atomic E-state index is 0. The number of alkyl halides is 3. The van der Waals surface area contributed by atoms with Crippen molar-refractivity contribution in [1.82, 2.24) is 15.1 Å². The summed E-state index contributed by atoms with van der Waals surface area (Å²) in [6.07, 6.45) is -4.82. The van der Waals surface area contributed by atoms with Crippen molar-refractivity contribution in [3.05, 3.63) is 0 Å². The fourth-order valence-electron chi connectivity index (χ4n) is 1.76. The fraction of sp³-hybridized carbons (Fsp3) is 0.909. The second-order valence-corrected chi connectivity index (χ2v) is 4.35. The summed E-state index contributed by atoms with van der Waals surface area (Å²) in [4.78, 5) is 8.05. The summed E-state index contributed by atoms with van der Waals surface area (Å²) in [5, 5.41) is 3.15. The summed E-state index contributed by atoms with van der Waals surface area (Å²) in [6.45, 7) is 5.45. The van der Waals surface area contributed by atoms with Crippen molar-refractivity contribution in [3.8, 4) is 0 Å². The van der Waals surface area contributed by atoms with E-state index < -0.39 is 12.6 Å². The first-order chi connectivity index (χ1) is 8.42. The lowest BCUT2D eigenvalue weighted by Crippen LogP contribution is -2.41. The van der Waals surface area contributed by atoms with Crippen LogP contribution in [0.1, 0.15) is 13.3 Å². The predicted octanol–water partition coefficient (Wildman–Crippen LogP) is 1.77. The lowest BCUT2D eigenvalue weighted by Gasteiger charge is -2.22. The highest BCUT2D eigenvalue weighted by molar-refractivity contribution is 14.0. The Bertz CT molecular complexity index is 284. The van der Waals surface area contributed by atoms with Crippen LogP contribution in [0, 0.1) is 0 Å². The van der Waals surface area contributed by atoms with Crippen LogP contribution in [0.25, 0.3) is 0 Å². The molecule has 19 heavy (non-hydrogen) atoms. The SMILES string of the molecule is CCN(CCNC1=NCCN1C)CCC(F)(F)F.I. The highest BCUT2D eigenvalue weighted by Crippen LogP contribution is 2.19. The van der Waals surface area contributed by atoms with E-state index in [0.29, 0.717) is 19.6 Å². The first-order valence-electron chi connectivity index (χ1n) is 6.21. The molecule has 0 spiro atoms. The molecule has 0 aromatic heterocycles. The van der Waals surface area contributed by atoms with E-state index >= 15 is 0 Å². The zero-order chi connectivity index (χ0) is 13.6. The van der Waals surface area contributed by atoms with Gasteiger partial charge in [-0.2, -0.15) is 13.2 Å². The minimum Gasteiger partial charge on any atom is -0.355 e. The Balaban J connectivity index is 0.00000324. The average molecular weight is 394 g/mol. The Morgan fingerprint density at radius 2 is 2.05 bits per heavy atom.